The van der Waals surface area contributed by atoms with Gasteiger partial charge >= 0.3 is 0 Å². The van der Waals surface area contributed by atoms with E-state index in [9.17, 15) is 8.42 Å². The molecule has 4 aromatic rings. The predicted octanol–water partition coefficient (Wildman–Crippen LogP) is 5.35. The van der Waals surface area contributed by atoms with E-state index in [-0.39, 0.29) is 12.1 Å². The van der Waals surface area contributed by atoms with Crippen LogP contribution in [0.15, 0.2) is 72.9 Å². The first-order valence-corrected chi connectivity index (χ1v) is 14.8. The molecular formula is C29H31N5O3S2. The van der Waals surface area contributed by atoms with E-state index in [1.165, 1.54) is 0 Å². The fourth-order valence-electron chi connectivity index (χ4n) is 5.28. The van der Waals surface area contributed by atoms with Crippen molar-refractivity contribution in [2.45, 2.75) is 32.9 Å². The lowest BCUT2D eigenvalue weighted by molar-refractivity contribution is 0.414. The smallest absolute Gasteiger partial charge is 0.229 e. The quantitative estimate of drug-likeness (QED) is 0.294. The molecule has 5 rings (SSSR count). The molecule has 10 heteroatoms. The largest absolute Gasteiger partial charge is 0.497 e. The van der Waals surface area contributed by atoms with Crippen LogP contribution in [0.1, 0.15) is 40.3 Å². The molecule has 0 saturated carbocycles. The summed E-state index contributed by atoms with van der Waals surface area (Å²) in [4.78, 5) is 6.76. The zero-order valence-electron chi connectivity index (χ0n) is 22.5. The Morgan fingerprint density at radius 2 is 1.72 bits per heavy atom. The monoisotopic (exact) mass is 561 g/mol. The highest BCUT2D eigenvalue weighted by atomic mass is 32.2. The van der Waals surface area contributed by atoms with E-state index in [4.69, 9.17) is 17.0 Å². The number of thiocarbonyl (C=S) groups is 1. The maximum atomic E-state index is 11.8. The number of nitrogens with zero attached hydrogens (tertiary/aromatic N) is 3. The molecule has 1 aliphatic rings. The van der Waals surface area contributed by atoms with Gasteiger partial charge in [-0.3, -0.25) is 9.71 Å². The van der Waals surface area contributed by atoms with Crippen LogP contribution in [0, 0.1) is 20.8 Å². The molecule has 0 radical (unpaired) electrons. The van der Waals surface area contributed by atoms with Gasteiger partial charge in [-0.15, -0.1) is 0 Å². The summed E-state index contributed by atoms with van der Waals surface area (Å²) in [5.74, 6) is 0.803. The summed E-state index contributed by atoms with van der Waals surface area (Å²) >= 11 is 5.90. The van der Waals surface area contributed by atoms with Crippen molar-refractivity contribution in [3.8, 4) is 11.4 Å². The molecule has 2 atom stereocenters. The first kappa shape index (κ1) is 26.7. The zero-order valence-corrected chi connectivity index (χ0v) is 24.1. The molecule has 1 aliphatic heterocycles. The van der Waals surface area contributed by atoms with Gasteiger partial charge in [0.2, 0.25) is 10.0 Å². The second-order valence-corrected chi connectivity index (χ2v) is 11.9. The molecule has 0 amide bonds. The van der Waals surface area contributed by atoms with Crippen LogP contribution in [0.3, 0.4) is 0 Å². The lowest BCUT2D eigenvalue weighted by atomic mass is 9.96. The highest BCUT2D eigenvalue weighted by Gasteiger charge is 2.42. The molecule has 0 bridgehead atoms. The molecule has 202 valence electrons. The number of aryl methyl sites for hydroxylation is 2. The van der Waals surface area contributed by atoms with Crippen LogP contribution in [-0.2, 0) is 10.0 Å². The second kappa shape index (κ2) is 10.3. The van der Waals surface area contributed by atoms with Crippen molar-refractivity contribution >= 4 is 38.7 Å². The number of pyridine rings is 1. The van der Waals surface area contributed by atoms with Gasteiger partial charge < -0.3 is 19.5 Å². The van der Waals surface area contributed by atoms with Crippen molar-refractivity contribution in [1.82, 2.24) is 14.9 Å². The summed E-state index contributed by atoms with van der Waals surface area (Å²) in [6, 6.07) is 21.3. The molecule has 0 unspecified atom stereocenters. The van der Waals surface area contributed by atoms with Crippen molar-refractivity contribution in [2.24, 2.45) is 0 Å². The summed E-state index contributed by atoms with van der Waals surface area (Å²) in [6.07, 6.45) is 2.93. The molecule has 0 spiro atoms. The molecule has 1 fully saturated rings. The number of rotatable bonds is 7. The number of ether oxygens (including phenoxy) is 1. The number of methoxy groups -OCH3 is 1. The van der Waals surface area contributed by atoms with Gasteiger partial charge in [0.25, 0.3) is 0 Å². The molecule has 2 N–H and O–H groups in total. The highest BCUT2D eigenvalue weighted by molar-refractivity contribution is 7.92. The van der Waals surface area contributed by atoms with Gasteiger partial charge in [-0.05, 0) is 105 Å². The third kappa shape index (κ3) is 5.22. The summed E-state index contributed by atoms with van der Waals surface area (Å²) in [5.41, 5.74) is 7.41. The van der Waals surface area contributed by atoms with Crippen LogP contribution in [-0.4, -0.2) is 36.4 Å². The van der Waals surface area contributed by atoms with Crippen LogP contribution >= 0.6 is 12.2 Å². The maximum Gasteiger partial charge on any atom is 0.229 e. The van der Waals surface area contributed by atoms with Crippen LogP contribution < -0.4 is 19.7 Å². The summed E-state index contributed by atoms with van der Waals surface area (Å²) in [6.45, 7) is 6.09. The molecule has 2 aromatic heterocycles. The Morgan fingerprint density at radius 1 is 1.00 bits per heavy atom. The van der Waals surface area contributed by atoms with Crippen LogP contribution in [0.25, 0.3) is 5.69 Å². The van der Waals surface area contributed by atoms with E-state index < -0.39 is 10.0 Å². The lowest BCUT2D eigenvalue weighted by Crippen LogP contribution is -2.29. The summed E-state index contributed by atoms with van der Waals surface area (Å²) < 4.78 is 33.8. The number of hydrogen-bond donors (Lipinski definition) is 2. The lowest BCUT2D eigenvalue weighted by Gasteiger charge is -2.29. The van der Waals surface area contributed by atoms with Crippen LogP contribution in [0.2, 0.25) is 0 Å². The minimum absolute atomic E-state index is 0.196. The first-order chi connectivity index (χ1) is 18.6. The Labute approximate surface area is 234 Å². The van der Waals surface area contributed by atoms with E-state index in [1.54, 1.807) is 19.4 Å². The van der Waals surface area contributed by atoms with E-state index in [0.717, 1.165) is 51.6 Å². The molecule has 0 aliphatic carbocycles. The maximum absolute atomic E-state index is 11.8. The number of aromatic nitrogens is 2. The normalized spacial score (nSPS) is 17.3. The number of benzene rings is 2. The molecule has 2 aromatic carbocycles. The molecule has 3 heterocycles. The van der Waals surface area contributed by atoms with E-state index in [2.05, 4.69) is 44.4 Å². The van der Waals surface area contributed by atoms with Gasteiger partial charge in [-0.2, -0.15) is 0 Å². The predicted molar refractivity (Wildman–Crippen MR) is 159 cm³/mol. The van der Waals surface area contributed by atoms with Gasteiger partial charge in [0.1, 0.15) is 5.75 Å². The van der Waals surface area contributed by atoms with Crippen LogP contribution in [0.5, 0.6) is 5.75 Å². The van der Waals surface area contributed by atoms with Gasteiger partial charge in [0, 0.05) is 29.0 Å². The standard InChI is InChI=1S/C29H31N5O3S2/c1-18-16-22(11-14-25(18)32-39(5,35)36)34-28(27(31-29(34)38)26-8-6-7-15-30-26)24-17-19(2)33(20(24)3)21-9-12-23(37-4)13-10-21/h6-17,27-28,32H,1-5H3,(H,31,38)/t27-,28-/m1/s1. The van der Waals surface area contributed by atoms with Crippen molar-refractivity contribution in [3.63, 3.8) is 0 Å². The minimum atomic E-state index is -3.40. The van der Waals surface area contributed by atoms with Gasteiger partial charge in [-0.25, -0.2) is 8.42 Å². The SMILES string of the molecule is COc1ccc(-n2c(C)cc([C@@H]3[C@@H](c4ccccn4)NC(=S)N3c3ccc(NS(C)(=O)=O)c(C)c3)c2C)cc1. The average Bonchev–Trinajstić information content (AvgIpc) is 3.40. The fraction of sp³-hybridized carbons (Fsp3) is 0.241. The van der Waals surface area contributed by atoms with Crippen LogP contribution in [0.4, 0.5) is 11.4 Å². The van der Waals surface area contributed by atoms with E-state index in [0.29, 0.717) is 10.8 Å². The second-order valence-electron chi connectivity index (χ2n) is 9.73. The van der Waals surface area contributed by atoms with E-state index in [1.807, 2.05) is 61.5 Å². The Hall–Kier alpha value is -3.89. The van der Waals surface area contributed by atoms with Crippen molar-refractivity contribution in [3.05, 3.63) is 101 Å². The van der Waals surface area contributed by atoms with Gasteiger partial charge in [-0.1, -0.05) is 6.07 Å². The molecule has 8 nitrogen and oxygen atoms in total. The summed E-state index contributed by atoms with van der Waals surface area (Å²) in [5, 5.41) is 4.08. The molecule has 39 heavy (non-hydrogen) atoms. The van der Waals surface area contributed by atoms with Crippen molar-refractivity contribution in [2.75, 3.05) is 23.0 Å². The van der Waals surface area contributed by atoms with Crippen molar-refractivity contribution < 1.29 is 13.2 Å². The number of hydrogen-bond acceptors (Lipinski definition) is 5. The molecular weight excluding hydrogens is 530 g/mol. The Balaban J connectivity index is 1.63. The van der Waals surface area contributed by atoms with Gasteiger partial charge in [0.15, 0.2) is 5.11 Å². The Morgan fingerprint density at radius 3 is 2.33 bits per heavy atom. The van der Waals surface area contributed by atoms with E-state index >= 15 is 0 Å². The Bertz CT molecular complexity index is 1630. The Kier molecular flexibility index (Phi) is 7.09. The zero-order chi connectivity index (χ0) is 27.9. The first-order valence-electron chi connectivity index (χ1n) is 12.5. The fourth-order valence-corrected chi connectivity index (χ4v) is 6.25. The van der Waals surface area contributed by atoms with Gasteiger partial charge in [0.05, 0.1) is 36.8 Å². The molecule has 1 saturated heterocycles. The topological polar surface area (TPSA) is 88.5 Å². The summed E-state index contributed by atoms with van der Waals surface area (Å²) in [7, 11) is -1.74. The average molecular weight is 562 g/mol. The number of sulfonamides is 1. The number of nitrogens with one attached hydrogen (secondary N) is 2. The highest BCUT2D eigenvalue weighted by Crippen LogP contribution is 2.44. The third-order valence-corrected chi connectivity index (χ3v) is 7.91. The minimum Gasteiger partial charge on any atom is -0.497 e. The third-order valence-electron chi connectivity index (χ3n) is 7.00. The number of anilines is 2. The van der Waals surface area contributed by atoms with Crippen molar-refractivity contribution in [1.29, 1.82) is 0 Å².